The molecule has 1 amide bonds. The number of likely N-dealkylation sites (tertiary alicyclic amines) is 1. The third-order valence-electron chi connectivity index (χ3n) is 4.95. The molecule has 1 fully saturated rings. The maximum Gasteiger partial charge on any atom is 0.308 e. The molecule has 0 spiro atoms. The van der Waals surface area contributed by atoms with Gasteiger partial charge in [-0.1, -0.05) is 24.3 Å². The molecule has 8 nitrogen and oxygen atoms in total. The Labute approximate surface area is 149 Å². The van der Waals surface area contributed by atoms with Crippen LogP contribution in [0.4, 0.5) is 0 Å². The van der Waals surface area contributed by atoms with Crippen molar-refractivity contribution in [3.05, 3.63) is 59.3 Å². The molecule has 1 aromatic carbocycles. The first-order chi connectivity index (χ1) is 12.5. The van der Waals surface area contributed by atoms with Gasteiger partial charge in [-0.3, -0.25) is 9.59 Å². The van der Waals surface area contributed by atoms with E-state index in [4.69, 9.17) is 0 Å². The number of amides is 1. The minimum atomic E-state index is -0.885. The maximum atomic E-state index is 12.9. The SMILES string of the molecule is Cc1ccccc1[C@@H]1CN(C(=O)c2ccc3nnnn3c2)C[C@H]1C(=O)O. The molecule has 1 saturated heterocycles. The second kappa shape index (κ2) is 6.21. The standard InChI is InChI=1S/C18H17N5O3/c1-11-4-2-3-5-13(11)14-9-22(10-15(14)18(25)26)17(24)12-6-7-16-19-20-21-23(16)8-12/h2-8,14-15H,9-10H2,1H3,(H,25,26)/t14-,15+/m0/s1. The summed E-state index contributed by atoms with van der Waals surface area (Å²) in [7, 11) is 0. The molecule has 1 aliphatic rings. The Morgan fingerprint density at radius 1 is 1.15 bits per heavy atom. The number of hydrogen-bond acceptors (Lipinski definition) is 5. The van der Waals surface area contributed by atoms with Gasteiger partial charge in [-0.05, 0) is 40.6 Å². The largest absolute Gasteiger partial charge is 0.481 e. The highest BCUT2D eigenvalue weighted by molar-refractivity contribution is 5.95. The lowest BCUT2D eigenvalue weighted by Crippen LogP contribution is -2.30. The molecule has 3 aromatic rings. The minimum Gasteiger partial charge on any atom is -0.481 e. The van der Waals surface area contributed by atoms with Crippen LogP contribution in [0.15, 0.2) is 42.6 Å². The lowest BCUT2D eigenvalue weighted by atomic mass is 9.86. The van der Waals surface area contributed by atoms with E-state index in [1.165, 1.54) is 4.52 Å². The molecule has 4 rings (SSSR count). The van der Waals surface area contributed by atoms with E-state index in [1.807, 2.05) is 31.2 Å². The van der Waals surface area contributed by atoms with Crippen molar-refractivity contribution in [2.45, 2.75) is 12.8 Å². The van der Waals surface area contributed by atoms with Gasteiger partial charge in [0.15, 0.2) is 5.65 Å². The van der Waals surface area contributed by atoms with Gasteiger partial charge in [-0.15, -0.1) is 5.10 Å². The topological polar surface area (TPSA) is 101 Å². The van der Waals surface area contributed by atoms with Gasteiger partial charge in [0.2, 0.25) is 0 Å². The van der Waals surface area contributed by atoms with E-state index in [0.717, 1.165) is 11.1 Å². The Morgan fingerprint density at radius 3 is 2.73 bits per heavy atom. The summed E-state index contributed by atoms with van der Waals surface area (Å²) in [5, 5.41) is 20.8. The van der Waals surface area contributed by atoms with E-state index in [9.17, 15) is 14.7 Å². The van der Waals surface area contributed by atoms with Crippen LogP contribution < -0.4 is 0 Å². The zero-order chi connectivity index (χ0) is 18.3. The van der Waals surface area contributed by atoms with Crippen molar-refractivity contribution in [1.82, 2.24) is 24.9 Å². The van der Waals surface area contributed by atoms with E-state index >= 15 is 0 Å². The minimum absolute atomic E-state index is 0.181. The number of tetrazole rings is 1. The number of carboxylic acids is 1. The van der Waals surface area contributed by atoms with Crippen molar-refractivity contribution >= 4 is 17.5 Å². The van der Waals surface area contributed by atoms with Gasteiger partial charge in [0.25, 0.3) is 5.91 Å². The van der Waals surface area contributed by atoms with E-state index < -0.39 is 11.9 Å². The van der Waals surface area contributed by atoms with Crippen molar-refractivity contribution in [1.29, 1.82) is 0 Å². The number of carboxylic acid groups (broad SMARTS) is 1. The molecule has 8 heteroatoms. The predicted molar refractivity (Wildman–Crippen MR) is 91.7 cm³/mol. The van der Waals surface area contributed by atoms with Crippen molar-refractivity contribution in [2.75, 3.05) is 13.1 Å². The lowest BCUT2D eigenvalue weighted by molar-refractivity contribution is -0.141. The summed E-state index contributed by atoms with van der Waals surface area (Å²) >= 11 is 0. The molecule has 0 aliphatic carbocycles. The summed E-state index contributed by atoms with van der Waals surface area (Å²) in [5.41, 5.74) is 2.99. The smallest absolute Gasteiger partial charge is 0.308 e. The van der Waals surface area contributed by atoms with E-state index in [2.05, 4.69) is 15.5 Å². The normalized spacial score (nSPS) is 19.8. The molecule has 3 heterocycles. The number of aromatic nitrogens is 4. The number of fused-ring (bicyclic) bond motifs is 1. The highest BCUT2D eigenvalue weighted by Crippen LogP contribution is 2.35. The molecule has 26 heavy (non-hydrogen) atoms. The third-order valence-corrected chi connectivity index (χ3v) is 4.95. The maximum absolute atomic E-state index is 12.9. The summed E-state index contributed by atoms with van der Waals surface area (Å²) in [6.45, 7) is 2.51. The molecule has 0 bridgehead atoms. The lowest BCUT2D eigenvalue weighted by Gasteiger charge is -2.18. The van der Waals surface area contributed by atoms with Crippen molar-refractivity contribution < 1.29 is 14.7 Å². The van der Waals surface area contributed by atoms with Crippen LogP contribution in [-0.2, 0) is 4.79 Å². The Morgan fingerprint density at radius 2 is 1.96 bits per heavy atom. The van der Waals surface area contributed by atoms with Crippen LogP contribution in [0.3, 0.4) is 0 Å². The number of pyridine rings is 1. The number of aryl methyl sites for hydroxylation is 1. The molecular formula is C18H17N5O3. The Balaban J connectivity index is 1.64. The number of rotatable bonds is 3. The summed E-state index contributed by atoms with van der Waals surface area (Å²) in [5.74, 6) is -1.96. The van der Waals surface area contributed by atoms with E-state index in [1.54, 1.807) is 23.2 Å². The number of carbonyl (C=O) groups excluding carboxylic acids is 1. The fourth-order valence-electron chi connectivity index (χ4n) is 3.59. The highest BCUT2D eigenvalue weighted by Gasteiger charge is 2.41. The summed E-state index contributed by atoms with van der Waals surface area (Å²) in [6, 6.07) is 11.0. The third kappa shape index (κ3) is 2.69. The van der Waals surface area contributed by atoms with Gasteiger partial charge < -0.3 is 10.0 Å². The van der Waals surface area contributed by atoms with Crippen LogP contribution in [0, 0.1) is 12.8 Å². The number of hydrogen-bond donors (Lipinski definition) is 1. The van der Waals surface area contributed by atoms with Crippen LogP contribution >= 0.6 is 0 Å². The zero-order valence-corrected chi connectivity index (χ0v) is 14.1. The Kier molecular flexibility index (Phi) is 3.87. The molecule has 0 unspecified atom stereocenters. The summed E-state index contributed by atoms with van der Waals surface area (Å²) < 4.78 is 1.43. The first-order valence-electron chi connectivity index (χ1n) is 8.30. The Hall–Kier alpha value is -3.29. The molecule has 132 valence electrons. The number of nitrogens with zero attached hydrogens (tertiary/aromatic N) is 5. The average Bonchev–Trinajstić information content (AvgIpc) is 3.28. The van der Waals surface area contributed by atoms with Gasteiger partial charge in [0.05, 0.1) is 11.5 Å². The Bertz CT molecular complexity index is 999. The van der Waals surface area contributed by atoms with Crippen LogP contribution in [-0.4, -0.2) is 55.0 Å². The predicted octanol–water partition coefficient (Wildman–Crippen LogP) is 1.37. The van der Waals surface area contributed by atoms with Gasteiger partial charge in [0, 0.05) is 25.2 Å². The summed E-state index contributed by atoms with van der Waals surface area (Å²) in [6.07, 6.45) is 1.56. The second-order valence-electron chi connectivity index (χ2n) is 6.52. The van der Waals surface area contributed by atoms with Crippen LogP contribution in [0.25, 0.3) is 5.65 Å². The molecule has 1 aliphatic heterocycles. The van der Waals surface area contributed by atoms with Gasteiger partial charge in [-0.25, -0.2) is 0 Å². The fraction of sp³-hybridized carbons (Fsp3) is 0.278. The molecule has 2 atom stereocenters. The zero-order valence-electron chi connectivity index (χ0n) is 14.1. The van der Waals surface area contributed by atoms with Gasteiger partial charge in [0.1, 0.15) is 0 Å². The quantitative estimate of drug-likeness (QED) is 0.765. The second-order valence-corrected chi connectivity index (χ2v) is 6.52. The van der Waals surface area contributed by atoms with Crippen molar-refractivity contribution in [3.63, 3.8) is 0 Å². The number of benzene rings is 1. The van der Waals surface area contributed by atoms with Gasteiger partial charge in [-0.2, -0.15) is 4.52 Å². The molecule has 0 saturated carbocycles. The van der Waals surface area contributed by atoms with Crippen LogP contribution in [0.5, 0.6) is 0 Å². The first kappa shape index (κ1) is 16.2. The van der Waals surface area contributed by atoms with E-state index in [-0.39, 0.29) is 18.4 Å². The molecular weight excluding hydrogens is 334 g/mol. The molecule has 0 radical (unpaired) electrons. The highest BCUT2D eigenvalue weighted by atomic mass is 16.4. The fourth-order valence-corrected chi connectivity index (χ4v) is 3.59. The monoisotopic (exact) mass is 351 g/mol. The van der Waals surface area contributed by atoms with Gasteiger partial charge >= 0.3 is 5.97 Å². The van der Waals surface area contributed by atoms with Crippen LogP contribution in [0.2, 0.25) is 0 Å². The molecule has 2 aromatic heterocycles. The average molecular weight is 351 g/mol. The van der Waals surface area contributed by atoms with Crippen molar-refractivity contribution in [2.24, 2.45) is 5.92 Å². The molecule has 1 N–H and O–H groups in total. The first-order valence-corrected chi connectivity index (χ1v) is 8.30. The summed E-state index contributed by atoms with van der Waals surface area (Å²) in [4.78, 5) is 26.3. The number of carbonyl (C=O) groups is 2. The number of aliphatic carboxylic acids is 1. The van der Waals surface area contributed by atoms with E-state index in [0.29, 0.717) is 17.8 Å². The van der Waals surface area contributed by atoms with Crippen molar-refractivity contribution in [3.8, 4) is 0 Å². The van der Waals surface area contributed by atoms with Crippen LogP contribution in [0.1, 0.15) is 27.4 Å².